The molecule has 28 heavy (non-hydrogen) atoms. The molecule has 0 fully saturated rings. The molecule has 0 unspecified atom stereocenters. The molecule has 0 bridgehead atoms. The second-order valence-electron chi connectivity index (χ2n) is 5.98. The number of halogens is 1. The molecule has 0 aliphatic carbocycles. The molecule has 3 aromatic heterocycles. The molecule has 3 N–H and O–H groups in total. The standard InChI is InChI=1S/C21H19ClN4O2/c1-3-5-13(6-4-2)10-23-18-8-7-15(21(27)28)19(26-18)17-12-25-20-16(17)9-14(22)11-24-20/h3-9,11-12H,1,10H2,2H3,(H,23,26)(H,24,25)(H,27,28)/b6-4-,13-5+. The third-order valence-corrected chi connectivity index (χ3v) is 4.27. The quantitative estimate of drug-likeness (QED) is 0.486. The summed E-state index contributed by atoms with van der Waals surface area (Å²) in [6.07, 6.45) is 10.7. The van der Waals surface area contributed by atoms with Crippen LogP contribution in [0.3, 0.4) is 0 Å². The van der Waals surface area contributed by atoms with Gasteiger partial charge in [-0.1, -0.05) is 42.5 Å². The van der Waals surface area contributed by atoms with Crippen LogP contribution in [0.5, 0.6) is 0 Å². The van der Waals surface area contributed by atoms with E-state index in [1.54, 1.807) is 24.4 Å². The van der Waals surface area contributed by atoms with Crippen molar-refractivity contribution >= 4 is 34.4 Å². The summed E-state index contributed by atoms with van der Waals surface area (Å²) in [5.41, 5.74) is 2.70. The van der Waals surface area contributed by atoms with Crippen LogP contribution in [0.15, 0.2) is 67.0 Å². The van der Waals surface area contributed by atoms with E-state index < -0.39 is 5.97 Å². The Hall–Kier alpha value is -3.38. The van der Waals surface area contributed by atoms with Crippen molar-refractivity contribution in [1.29, 1.82) is 0 Å². The van der Waals surface area contributed by atoms with Crippen molar-refractivity contribution in [2.24, 2.45) is 0 Å². The van der Waals surface area contributed by atoms with Crippen LogP contribution in [-0.4, -0.2) is 32.6 Å². The summed E-state index contributed by atoms with van der Waals surface area (Å²) in [4.78, 5) is 23.5. The smallest absolute Gasteiger partial charge is 0.337 e. The molecule has 0 amide bonds. The predicted octanol–water partition coefficient (Wildman–Crippen LogP) is 5.08. The largest absolute Gasteiger partial charge is 0.478 e. The number of allylic oxidation sites excluding steroid dienone is 3. The number of anilines is 1. The minimum Gasteiger partial charge on any atom is -0.478 e. The minimum atomic E-state index is -1.06. The van der Waals surface area contributed by atoms with E-state index >= 15 is 0 Å². The normalized spacial score (nSPS) is 11.9. The zero-order chi connectivity index (χ0) is 20.1. The maximum Gasteiger partial charge on any atom is 0.337 e. The molecule has 0 aromatic carbocycles. The van der Waals surface area contributed by atoms with Crippen LogP contribution in [0, 0.1) is 0 Å². The van der Waals surface area contributed by atoms with E-state index in [1.165, 1.54) is 12.3 Å². The van der Waals surface area contributed by atoms with Gasteiger partial charge in [0.2, 0.25) is 0 Å². The summed E-state index contributed by atoms with van der Waals surface area (Å²) in [6, 6.07) is 4.92. The van der Waals surface area contributed by atoms with Gasteiger partial charge in [-0.25, -0.2) is 14.8 Å². The number of carboxylic acid groups (broad SMARTS) is 1. The fourth-order valence-corrected chi connectivity index (χ4v) is 3.00. The van der Waals surface area contributed by atoms with Gasteiger partial charge < -0.3 is 15.4 Å². The van der Waals surface area contributed by atoms with Gasteiger partial charge in [-0.2, -0.15) is 0 Å². The Morgan fingerprint density at radius 3 is 2.96 bits per heavy atom. The molecule has 3 rings (SSSR count). The first-order chi connectivity index (χ1) is 13.5. The van der Waals surface area contributed by atoms with E-state index in [0.717, 1.165) is 5.57 Å². The van der Waals surface area contributed by atoms with Crippen LogP contribution in [0.2, 0.25) is 5.02 Å². The Morgan fingerprint density at radius 1 is 1.43 bits per heavy atom. The molecule has 7 heteroatoms. The fraction of sp³-hybridized carbons (Fsp3) is 0.0952. The molecule has 3 aromatic rings. The van der Waals surface area contributed by atoms with Crippen molar-refractivity contribution in [2.45, 2.75) is 6.92 Å². The van der Waals surface area contributed by atoms with Gasteiger partial charge in [0, 0.05) is 29.9 Å². The zero-order valence-corrected chi connectivity index (χ0v) is 16.0. The van der Waals surface area contributed by atoms with Crippen molar-refractivity contribution in [3.05, 3.63) is 77.6 Å². The molecule has 3 heterocycles. The van der Waals surface area contributed by atoms with Gasteiger partial charge in [0.05, 0.1) is 16.3 Å². The Bertz CT molecular complexity index is 1100. The molecule has 0 aliphatic heterocycles. The lowest BCUT2D eigenvalue weighted by atomic mass is 10.1. The molecule has 0 atom stereocenters. The molecule has 0 spiro atoms. The Balaban J connectivity index is 2.03. The summed E-state index contributed by atoms with van der Waals surface area (Å²) in [7, 11) is 0. The third-order valence-electron chi connectivity index (χ3n) is 4.06. The van der Waals surface area contributed by atoms with Crippen LogP contribution in [-0.2, 0) is 0 Å². The van der Waals surface area contributed by atoms with E-state index in [4.69, 9.17) is 11.6 Å². The molecule has 6 nitrogen and oxygen atoms in total. The van der Waals surface area contributed by atoms with E-state index in [9.17, 15) is 9.90 Å². The Labute approximate surface area is 167 Å². The highest BCUT2D eigenvalue weighted by atomic mass is 35.5. The number of carbonyl (C=O) groups is 1. The molecule has 0 radical (unpaired) electrons. The number of aromatic amines is 1. The number of H-pyrrole nitrogens is 1. The van der Waals surface area contributed by atoms with Gasteiger partial charge in [-0.05, 0) is 30.7 Å². The first kappa shape index (κ1) is 19.4. The van der Waals surface area contributed by atoms with Gasteiger partial charge in [-0.15, -0.1) is 0 Å². The third kappa shape index (κ3) is 4.13. The molecule has 0 saturated heterocycles. The summed E-state index contributed by atoms with van der Waals surface area (Å²) < 4.78 is 0. The predicted molar refractivity (Wildman–Crippen MR) is 113 cm³/mol. The first-order valence-electron chi connectivity index (χ1n) is 8.59. The first-order valence-corrected chi connectivity index (χ1v) is 8.96. The number of carboxylic acids is 1. The Morgan fingerprint density at radius 2 is 2.25 bits per heavy atom. The van der Waals surface area contributed by atoms with Crippen LogP contribution >= 0.6 is 11.6 Å². The van der Waals surface area contributed by atoms with Crippen LogP contribution in [0.25, 0.3) is 22.3 Å². The second-order valence-corrected chi connectivity index (χ2v) is 6.42. The molecule has 0 saturated carbocycles. The van der Waals surface area contributed by atoms with Crippen molar-refractivity contribution in [3.8, 4) is 11.3 Å². The average Bonchev–Trinajstić information content (AvgIpc) is 3.09. The summed E-state index contributed by atoms with van der Waals surface area (Å²) in [5, 5.41) is 14.0. The average molecular weight is 395 g/mol. The molecular formula is C21H19ClN4O2. The van der Waals surface area contributed by atoms with Gasteiger partial charge >= 0.3 is 5.97 Å². The van der Waals surface area contributed by atoms with E-state index in [-0.39, 0.29) is 5.56 Å². The van der Waals surface area contributed by atoms with E-state index in [0.29, 0.717) is 39.7 Å². The highest BCUT2D eigenvalue weighted by molar-refractivity contribution is 6.31. The van der Waals surface area contributed by atoms with Crippen LogP contribution in [0.4, 0.5) is 5.82 Å². The summed E-state index contributed by atoms with van der Waals surface area (Å²) >= 11 is 6.07. The minimum absolute atomic E-state index is 0.0988. The van der Waals surface area contributed by atoms with Crippen LogP contribution < -0.4 is 5.32 Å². The van der Waals surface area contributed by atoms with Gasteiger partial charge in [-0.3, -0.25) is 0 Å². The zero-order valence-electron chi connectivity index (χ0n) is 15.2. The maximum absolute atomic E-state index is 11.7. The lowest BCUT2D eigenvalue weighted by Gasteiger charge is -2.10. The SMILES string of the molecule is C=C/C=C(\C=C/C)CNc1ccc(C(=O)O)c(-c2c[nH]c3ncc(Cl)cc23)n1. The van der Waals surface area contributed by atoms with Crippen molar-refractivity contribution in [2.75, 3.05) is 11.9 Å². The van der Waals surface area contributed by atoms with Crippen molar-refractivity contribution in [3.63, 3.8) is 0 Å². The lowest BCUT2D eigenvalue weighted by Crippen LogP contribution is -2.08. The van der Waals surface area contributed by atoms with Gasteiger partial charge in [0.15, 0.2) is 0 Å². The molecular weight excluding hydrogens is 376 g/mol. The number of rotatable bonds is 7. The Kier molecular flexibility index (Phi) is 5.91. The topological polar surface area (TPSA) is 90.9 Å². The van der Waals surface area contributed by atoms with E-state index in [2.05, 4.69) is 26.8 Å². The number of hydrogen-bond acceptors (Lipinski definition) is 4. The highest BCUT2D eigenvalue weighted by Crippen LogP contribution is 2.31. The highest BCUT2D eigenvalue weighted by Gasteiger charge is 2.18. The van der Waals surface area contributed by atoms with Crippen molar-refractivity contribution < 1.29 is 9.90 Å². The van der Waals surface area contributed by atoms with Crippen molar-refractivity contribution in [1.82, 2.24) is 15.0 Å². The fourth-order valence-electron chi connectivity index (χ4n) is 2.84. The van der Waals surface area contributed by atoms with Gasteiger partial charge in [0.1, 0.15) is 11.5 Å². The number of aromatic carboxylic acids is 1. The molecule has 0 aliphatic rings. The number of aromatic nitrogens is 3. The van der Waals surface area contributed by atoms with Crippen LogP contribution in [0.1, 0.15) is 17.3 Å². The number of pyridine rings is 2. The lowest BCUT2D eigenvalue weighted by molar-refractivity contribution is 0.0697. The number of nitrogens with one attached hydrogen (secondary N) is 2. The van der Waals surface area contributed by atoms with E-state index in [1.807, 2.05) is 25.2 Å². The second kappa shape index (κ2) is 8.54. The van der Waals surface area contributed by atoms with Gasteiger partial charge in [0.25, 0.3) is 0 Å². The monoisotopic (exact) mass is 394 g/mol. The summed E-state index contributed by atoms with van der Waals surface area (Å²) in [6.45, 7) is 6.17. The number of nitrogens with zero attached hydrogens (tertiary/aromatic N) is 2. The number of fused-ring (bicyclic) bond motifs is 1. The summed E-state index contributed by atoms with van der Waals surface area (Å²) in [5.74, 6) is -0.497. The maximum atomic E-state index is 11.7. The number of hydrogen-bond donors (Lipinski definition) is 3. The molecule has 142 valence electrons.